The maximum Gasteiger partial charge on any atom is 0.280 e. The van der Waals surface area contributed by atoms with Crippen LogP contribution in [0.3, 0.4) is 0 Å². The average molecular weight is 581 g/mol. The summed E-state index contributed by atoms with van der Waals surface area (Å²) in [5.41, 5.74) is 6.35. The molecule has 0 saturated heterocycles. The fourth-order valence-corrected chi connectivity index (χ4v) is 7.23. The minimum Gasteiger partial charge on any atom is -0.267 e. The molecular weight excluding hydrogens is 553 g/mol. The van der Waals surface area contributed by atoms with Crippen LogP contribution in [0.1, 0.15) is 38.2 Å². The molecule has 0 N–H and O–H groups in total. The van der Waals surface area contributed by atoms with E-state index in [-0.39, 0.29) is 4.90 Å². The maximum atomic E-state index is 13.8. The number of nitrogens with zero attached hydrogens (tertiary/aromatic N) is 4. The minimum absolute atomic E-state index is 0.151. The van der Waals surface area contributed by atoms with Crippen LogP contribution >= 0.6 is 11.3 Å². The number of rotatable bonds is 6. The first-order chi connectivity index (χ1) is 19.8. The van der Waals surface area contributed by atoms with Crippen molar-refractivity contribution in [3.05, 3.63) is 124 Å². The van der Waals surface area contributed by atoms with Crippen LogP contribution in [0.15, 0.2) is 101 Å². The first-order valence-electron chi connectivity index (χ1n) is 13.3. The molecule has 1 amide bonds. The second-order valence-electron chi connectivity index (χ2n) is 10.1. The maximum absolute atomic E-state index is 13.8. The number of fused-ring (bicyclic) bond motifs is 2. The van der Waals surface area contributed by atoms with Crippen molar-refractivity contribution in [2.75, 3.05) is 11.6 Å². The number of hydrazone groups is 1. The van der Waals surface area contributed by atoms with E-state index in [4.69, 9.17) is 0 Å². The summed E-state index contributed by atoms with van der Waals surface area (Å²) in [6.07, 6.45) is 2.29. The quantitative estimate of drug-likeness (QED) is 0.173. The highest BCUT2D eigenvalue weighted by Gasteiger charge is 2.29. The number of thiazole rings is 1. The van der Waals surface area contributed by atoms with E-state index in [1.807, 2.05) is 80.6 Å². The van der Waals surface area contributed by atoms with Gasteiger partial charge in [0, 0.05) is 18.7 Å². The van der Waals surface area contributed by atoms with E-state index in [0.717, 1.165) is 32.5 Å². The average Bonchev–Trinajstić information content (AvgIpc) is 3.40. The largest absolute Gasteiger partial charge is 0.280 e. The van der Waals surface area contributed by atoms with Crippen LogP contribution in [0.2, 0.25) is 0 Å². The molecule has 7 nitrogen and oxygen atoms in total. The highest BCUT2D eigenvalue weighted by molar-refractivity contribution is 7.89. The van der Waals surface area contributed by atoms with Gasteiger partial charge in [0.15, 0.2) is 0 Å². The number of aromatic nitrogens is 1. The van der Waals surface area contributed by atoms with E-state index >= 15 is 0 Å². The molecule has 1 aromatic heterocycles. The summed E-state index contributed by atoms with van der Waals surface area (Å²) in [4.78, 5) is 18.6. The van der Waals surface area contributed by atoms with E-state index in [1.54, 1.807) is 18.3 Å². The zero-order valence-corrected chi connectivity index (χ0v) is 24.3. The molecule has 4 aromatic carbocycles. The lowest BCUT2D eigenvalue weighted by Crippen LogP contribution is -2.36. The van der Waals surface area contributed by atoms with Crippen LogP contribution in [0.5, 0.6) is 0 Å². The zero-order chi connectivity index (χ0) is 28.6. The molecular formula is C32H28N4O3S2. The van der Waals surface area contributed by atoms with Crippen molar-refractivity contribution in [1.29, 1.82) is 0 Å². The minimum atomic E-state index is -3.72. The molecule has 0 saturated carbocycles. The summed E-state index contributed by atoms with van der Waals surface area (Å²) in [5, 5.41) is 6.25. The topological polar surface area (TPSA) is 82.9 Å². The number of aryl methyl sites for hydroxylation is 2. The fraction of sp³-hybridized carbons (Fsp3) is 0.156. The molecule has 6 rings (SSSR count). The number of hydrogen-bond acceptors (Lipinski definition) is 6. The molecule has 41 heavy (non-hydrogen) atoms. The first-order valence-corrected chi connectivity index (χ1v) is 15.5. The molecule has 2 heterocycles. The predicted octanol–water partition coefficient (Wildman–Crippen LogP) is 6.34. The third-order valence-corrected chi connectivity index (χ3v) is 9.99. The zero-order valence-electron chi connectivity index (χ0n) is 22.7. The van der Waals surface area contributed by atoms with Crippen molar-refractivity contribution in [2.24, 2.45) is 5.10 Å². The van der Waals surface area contributed by atoms with Gasteiger partial charge >= 0.3 is 0 Å². The Balaban J connectivity index is 1.30. The lowest BCUT2D eigenvalue weighted by Gasteiger charge is -2.28. The Morgan fingerprint density at radius 3 is 2.39 bits per heavy atom. The molecule has 0 aliphatic carbocycles. The summed E-state index contributed by atoms with van der Waals surface area (Å²) >= 11 is 1.38. The Hall–Kier alpha value is -4.18. The van der Waals surface area contributed by atoms with Crippen molar-refractivity contribution < 1.29 is 13.2 Å². The van der Waals surface area contributed by atoms with Crippen molar-refractivity contribution in [1.82, 2.24) is 9.29 Å². The molecule has 1 aliphatic rings. The first kappa shape index (κ1) is 27.0. The lowest BCUT2D eigenvalue weighted by molar-refractivity contribution is 0.0987. The van der Waals surface area contributed by atoms with Crippen molar-refractivity contribution in [3.63, 3.8) is 0 Å². The fourth-order valence-electron chi connectivity index (χ4n) is 4.79. The van der Waals surface area contributed by atoms with E-state index in [1.165, 1.54) is 38.3 Å². The van der Waals surface area contributed by atoms with Gasteiger partial charge in [-0.2, -0.15) is 14.4 Å². The van der Waals surface area contributed by atoms with Crippen molar-refractivity contribution >= 4 is 48.8 Å². The molecule has 1 aliphatic heterocycles. The number of benzene rings is 4. The van der Waals surface area contributed by atoms with Crippen molar-refractivity contribution in [3.8, 4) is 0 Å². The lowest BCUT2D eigenvalue weighted by atomic mass is 10.0. The summed E-state index contributed by atoms with van der Waals surface area (Å²) < 4.78 is 29.3. The Morgan fingerprint density at radius 1 is 0.927 bits per heavy atom. The summed E-state index contributed by atoms with van der Waals surface area (Å²) in [5.74, 6) is -0.403. The number of hydrogen-bond donors (Lipinski definition) is 0. The SMILES string of the molecule is Cc1ccc(/C=N/N(C(=O)c2ccc(S(=O)(=O)N3CCc4ccccc4C3)cc2)c2nc3ccc(C)cc3s2)cc1. The Morgan fingerprint density at radius 2 is 1.63 bits per heavy atom. The number of carbonyl (C=O) groups excluding carboxylic acids is 1. The van der Waals surface area contributed by atoms with Crippen molar-refractivity contribution in [2.45, 2.75) is 31.7 Å². The van der Waals surface area contributed by atoms with E-state index in [2.05, 4.69) is 10.1 Å². The normalized spacial score (nSPS) is 13.9. The molecule has 0 bridgehead atoms. The number of amides is 1. The van der Waals surface area contributed by atoms with Gasteiger partial charge in [-0.3, -0.25) is 4.79 Å². The molecule has 0 unspecified atom stereocenters. The predicted molar refractivity (Wildman–Crippen MR) is 164 cm³/mol. The molecule has 0 atom stereocenters. The van der Waals surface area contributed by atoms with E-state index in [9.17, 15) is 13.2 Å². The van der Waals surface area contributed by atoms with Crippen LogP contribution in [0.4, 0.5) is 5.13 Å². The summed E-state index contributed by atoms with van der Waals surface area (Å²) in [7, 11) is -3.72. The second kappa shape index (κ2) is 11.0. The van der Waals surface area contributed by atoms with Gasteiger partial charge in [0.05, 0.1) is 21.3 Å². The van der Waals surface area contributed by atoms with Gasteiger partial charge in [0.25, 0.3) is 5.91 Å². The standard InChI is InChI=1S/C32H28N4O3S2/c1-22-7-10-24(11-8-22)20-33-36(32-34-29-16-9-23(2)19-30(29)40-32)31(37)26-12-14-28(15-13-26)41(38,39)35-18-17-25-5-3-4-6-27(25)21-35/h3-16,19-20H,17-18,21H2,1-2H3/b33-20+. The van der Waals surface area contributed by atoms with E-state index < -0.39 is 15.9 Å². The monoisotopic (exact) mass is 580 g/mol. The van der Waals surface area contributed by atoms with Gasteiger partial charge in [0.2, 0.25) is 15.2 Å². The van der Waals surface area contributed by atoms with Gasteiger partial charge < -0.3 is 0 Å². The summed E-state index contributed by atoms with van der Waals surface area (Å²) in [6.45, 7) is 4.76. The van der Waals surface area contributed by atoms with Gasteiger partial charge in [0.1, 0.15) is 0 Å². The number of carbonyl (C=O) groups is 1. The van der Waals surface area contributed by atoms with Gasteiger partial charge in [-0.25, -0.2) is 13.4 Å². The van der Waals surface area contributed by atoms with Gasteiger partial charge in [-0.1, -0.05) is 71.5 Å². The van der Waals surface area contributed by atoms with Gasteiger partial charge in [-0.15, -0.1) is 0 Å². The molecule has 0 radical (unpaired) electrons. The highest BCUT2D eigenvalue weighted by Crippen LogP contribution is 2.31. The van der Waals surface area contributed by atoms with Crippen LogP contribution in [0.25, 0.3) is 10.2 Å². The number of anilines is 1. The van der Waals surface area contributed by atoms with Crippen LogP contribution in [-0.2, 0) is 23.0 Å². The Labute approximate surface area is 243 Å². The van der Waals surface area contributed by atoms with Gasteiger partial charge in [-0.05, 0) is 78.9 Å². The third kappa shape index (κ3) is 5.56. The third-order valence-electron chi connectivity index (χ3n) is 7.14. The summed E-state index contributed by atoms with van der Waals surface area (Å²) in [6, 6.07) is 27.7. The molecule has 5 aromatic rings. The molecule has 0 spiro atoms. The Bertz CT molecular complexity index is 1880. The highest BCUT2D eigenvalue weighted by atomic mass is 32.2. The molecule has 0 fully saturated rings. The van der Waals surface area contributed by atoms with Crippen LogP contribution in [0, 0.1) is 13.8 Å². The number of sulfonamides is 1. The molecule has 206 valence electrons. The van der Waals surface area contributed by atoms with Crippen LogP contribution in [-0.4, -0.2) is 36.4 Å². The van der Waals surface area contributed by atoms with Crippen LogP contribution < -0.4 is 5.01 Å². The molecule has 9 heteroatoms. The van der Waals surface area contributed by atoms with E-state index in [0.29, 0.717) is 30.2 Å². The Kier molecular flexibility index (Phi) is 7.25. The smallest absolute Gasteiger partial charge is 0.267 e. The second-order valence-corrected chi connectivity index (χ2v) is 13.1.